The van der Waals surface area contributed by atoms with Crippen molar-refractivity contribution >= 4 is 5.70 Å². The summed E-state index contributed by atoms with van der Waals surface area (Å²) < 4.78 is 5.65. The summed E-state index contributed by atoms with van der Waals surface area (Å²) in [6, 6.07) is 5.61. The van der Waals surface area contributed by atoms with Crippen LogP contribution < -0.4 is 0 Å². The van der Waals surface area contributed by atoms with E-state index < -0.39 is 0 Å². The van der Waals surface area contributed by atoms with E-state index >= 15 is 0 Å². The van der Waals surface area contributed by atoms with Crippen LogP contribution in [-0.2, 0) is 4.74 Å². The van der Waals surface area contributed by atoms with Gasteiger partial charge in [0.25, 0.3) is 0 Å². The molecular formula is C20H21N5O2. The molecule has 0 atom stereocenters. The number of hydrogen-bond donors (Lipinski definition) is 1. The minimum Gasteiger partial charge on any atom is -0.496 e. The molecule has 0 aliphatic heterocycles. The first-order valence-electron chi connectivity index (χ1n) is 8.99. The predicted molar refractivity (Wildman–Crippen MR) is 101 cm³/mol. The number of nitrogens with zero attached hydrogens (tertiary/aromatic N) is 5. The molecule has 0 amide bonds. The molecule has 27 heavy (non-hydrogen) atoms. The molecule has 0 aromatic carbocycles. The fourth-order valence-electron chi connectivity index (χ4n) is 3.40. The van der Waals surface area contributed by atoms with Crippen molar-refractivity contribution in [2.24, 2.45) is 0 Å². The van der Waals surface area contributed by atoms with Gasteiger partial charge in [0.2, 0.25) is 5.82 Å². The number of aromatic nitrogens is 5. The molecular weight excluding hydrogens is 342 g/mol. The van der Waals surface area contributed by atoms with E-state index in [1.165, 1.54) is 11.1 Å². The molecule has 2 heterocycles. The molecule has 0 saturated heterocycles. The van der Waals surface area contributed by atoms with Crippen LogP contribution in [0.4, 0.5) is 0 Å². The third-order valence-corrected chi connectivity index (χ3v) is 4.76. The maximum Gasteiger partial charge on any atom is 0.223 e. The van der Waals surface area contributed by atoms with E-state index in [1.54, 1.807) is 18.1 Å². The van der Waals surface area contributed by atoms with Crippen molar-refractivity contribution in [3.05, 3.63) is 65.1 Å². The minimum atomic E-state index is 0.0688. The van der Waals surface area contributed by atoms with E-state index in [9.17, 15) is 5.11 Å². The van der Waals surface area contributed by atoms with Gasteiger partial charge in [0.15, 0.2) is 0 Å². The van der Waals surface area contributed by atoms with Crippen molar-refractivity contribution in [1.29, 1.82) is 0 Å². The summed E-state index contributed by atoms with van der Waals surface area (Å²) >= 11 is 0. The van der Waals surface area contributed by atoms with Gasteiger partial charge in [0.05, 0.1) is 19.4 Å². The van der Waals surface area contributed by atoms with Crippen molar-refractivity contribution in [1.82, 2.24) is 25.2 Å². The van der Waals surface area contributed by atoms with Crippen LogP contribution in [0, 0.1) is 0 Å². The molecule has 7 nitrogen and oxygen atoms in total. The van der Waals surface area contributed by atoms with E-state index in [0.717, 1.165) is 42.7 Å². The molecule has 2 aliphatic rings. The Morgan fingerprint density at radius 3 is 2.89 bits per heavy atom. The van der Waals surface area contributed by atoms with E-state index in [0.29, 0.717) is 11.5 Å². The van der Waals surface area contributed by atoms with Crippen LogP contribution in [0.5, 0.6) is 0 Å². The van der Waals surface area contributed by atoms with Gasteiger partial charge >= 0.3 is 0 Å². The molecule has 1 N–H and O–H groups in total. The lowest BCUT2D eigenvalue weighted by molar-refractivity contribution is 0.299. The Hall–Kier alpha value is -3.06. The second kappa shape index (κ2) is 7.67. The molecule has 0 bridgehead atoms. The van der Waals surface area contributed by atoms with Gasteiger partial charge in [0.1, 0.15) is 11.5 Å². The Morgan fingerprint density at radius 1 is 1.19 bits per heavy atom. The topological polar surface area (TPSA) is 86.0 Å². The average Bonchev–Trinajstić information content (AvgIpc) is 3.24. The molecule has 4 rings (SSSR count). The predicted octanol–water partition coefficient (Wildman–Crippen LogP) is 2.91. The number of methoxy groups -OCH3 is 1. The largest absolute Gasteiger partial charge is 0.496 e. The Bertz CT molecular complexity index is 954. The van der Waals surface area contributed by atoms with Gasteiger partial charge in [-0.1, -0.05) is 18.2 Å². The van der Waals surface area contributed by atoms with Gasteiger partial charge in [-0.25, -0.2) is 0 Å². The van der Waals surface area contributed by atoms with E-state index in [2.05, 4.69) is 32.5 Å². The molecule has 0 spiro atoms. The van der Waals surface area contributed by atoms with Gasteiger partial charge in [-0.15, -0.1) is 15.0 Å². The summed E-state index contributed by atoms with van der Waals surface area (Å²) in [6.07, 6.45) is 11.4. The van der Waals surface area contributed by atoms with Gasteiger partial charge < -0.3 is 9.84 Å². The third-order valence-electron chi connectivity index (χ3n) is 4.76. The van der Waals surface area contributed by atoms with Crippen LogP contribution >= 0.6 is 0 Å². The second-order valence-corrected chi connectivity index (χ2v) is 6.45. The highest BCUT2D eigenvalue weighted by Gasteiger charge is 2.21. The fraction of sp³-hybridized carbons (Fsp3) is 0.300. The highest BCUT2D eigenvalue weighted by Crippen LogP contribution is 2.35. The molecule has 0 fully saturated rings. The standard InChI is InChI=1S/C20H21N5O2/c1-27-19-12-16(8-9-17(19)15-6-4-5-14(11-15)13-26)25-23-20(22-24-25)18-7-2-3-10-21-18/h2-3,5,7,10-12,26H,4,6,8-9,13H2,1H3. The van der Waals surface area contributed by atoms with Crippen molar-refractivity contribution < 1.29 is 9.84 Å². The summed E-state index contributed by atoms with van der Waals surface area (Å²) in [5.41, 5.74) is 5.00. The zero-order valence-corrected chi connectivity index (χ0v) is 15.2. The van der Waals surface area contributed by atoms with Crippen LogP contribution in [0.1, 0.15) is 25.7 Å². The zero-order chi connectivity index (χ0) is 18.6. The smallest absolute Gasteiger partial charge is 0.223 e. The van der Waals surface area contributed by atoms with Crippen LogP contribution in [0.15, 0.2) is 65.1 Å². The molecule has 2 aromatic rings. The van der Waals surface area contributed by atoms with Crippen LogP contribution in [0.3, 0.4) is 0 Å². The number of aliphatic hydroxyl groups is 1. The molecule has 0 saturated carbocycles. The molecule has 138 valence electrons. The molecule has 0 radical (unpaired) electrons. The quantitative estimate of drug-likeness (QED) is 0.879. The molecule has 7 heteroatoms. The van der Waals surface area contributed by atoms with E-state index in [4.69, 9.17) is 4.74 Å². The lowest BCUT2D eigenvalue weighted by atomic mass is 9.88. The summed E-state index contributed by atoms with van der Waals surface area (Å²) in [4.78, 5) is 5.81. The lowest BCUT2D eigenvalue weighted by Crippen LogP contribution is -2.11. The number of pyridine rings is 1. The van der Waals surface area contributed by atoms with Crippen molar-refractivity contribution in [3.63, 3.8) is 0 Å². The van der Waals surface area contributed by atoms with Crippen molar-refractivity contribution in [2.45, 2.75) is 25.7 Å². The maximum absolute atomic E-state index is 9.41. The molecule has 2 aromatic heterocycles. The number of hydrogen-bond acceptors (Lipinski definition) is 6. The van der Waals surface area contributed by atoms with Gasteiger partial charge in [-0.05, 0) is 59.7 Å². The lowest BCUT2D eigenvalue weighted by Gasteiger charge is -2.22. The number of tetrazole rings is 1. The number of aliphatic hydroxyl groups excluding tert-OH is 1. The number of rotatable bonds is 5. The van der Waals surface area contributed by atoms with Gasteiger partial charge in [-0.2, -0.15) is 0 Å². The van der Waals surface area contributed by atoms with Crippen LogP contribution in [0.25, 0.3) is 17.2 Å². The second-order valence-electron chi connectivity index (χ2n) is 6.45. The van der Waals surface area contributed by atoms with Crippen LogP contribution in [-0.4, -0.2) is 44.0 Å². The first-order chi connectivity index (χ1) is 13.3. The van der Waals surface area contributed by atoms with E-state index in [1.807, 2.05) is 24.3 Å². The first-order valence-corrected chi connectivity index (χ1v) is 8.99. The monoisotopic (exact) mass is 363 g/mol. The van der Waals surface area contributed by atoms with Gasteiger partial charge in [-0.3, -0.25) is 4.98 Å². The summed E-state index contributed by atoms with van der Waals surface area (Å²) in [5, 5.41) is 22.2. The van der Waals surface area contributed by atoms with Crippen LogP contribution in [0.2, 0.25) is 0 Å². The minimum absolute atomic E-state index is 0.0688. The Labute approximate surface area is 157 Å². The van der Waals surface area contributed by atoms with E-state index in [-0.39, 0.29) is 6.61 Å². The normalized spacial score (nSPS) is 17.3. The average molecular weight is 363 g/mol. The number of allylic oxidation sites excluding steroid dienone is 5. The Kier molecular flexibility index (Phi) is 4.93. The Morgan fingerprint density at radius 2 is 2.11 bits per heavy atom. The van der Waals surface area contributed by atoms with Crippen molar-refractivity contribution in [3.8, 4) is 11.5 Å². The van der Waals surface area contributed by atoms with Gasteiger partial charge in [0, 0.05) is 12.3 Å². The maximum atomic E-state index is 9.41. The third kappa shape index (κ3) is 3.59. The first kappa shape index (κ1) is 17.4. The SMILES string of the molecule is COC1=C(C2=CC(CO)=CCC2)CCC(n2nnc(-c3ccccn3)n2)=C1. The zero-order valence-electron chi connectivity index (χ0n) is 15.2. The molecule has 0 unspecified atom stereocenters. The fourth-order valence-corrected chi connectivity index (χ4v) is 3.40. The van der Waals surface area contributed by atoms with Crippen molar-refractivity contribution in [2.75, 3.05) is 13.7 Å². The highest BCUT2D eigenvalue weighted by atomic mass is 16.5. The molecule has 2 aliphatic carbocycles. The summed E-state index contributed by atoms with van der Waals surface area (Å²) in [5.74, 6) is 1.32. The Balaban J connectivity index is 1.64. The summed E-state index contributed by atoms with van der Waals surface area (Å²) in [7, 11) is 1.68. The number of ether oxygens (including phenoxy) is 1. The summed E-state index contributed by atoms with van der Waals surface area (Å²) in [6.45, 7) is 0.0688. The highest BCUT2D eigenvalue weighted by molar-refractivity contribution is 5.57.